The first-order valence-corrected chi connectivity index (χ1v) is 36.8. The molecule has 10 aromatic carbocycles. The van der Waals surface area contributed by atoms with Crippen molar-refractivity contribution < 1.29 is 150 Å². The van der Waals surface area contributed by atoms with Crippen molar-refractivity contribution in [3.05, 3.63) is 254 Å². The van der Waals surface area contributed by atoms with Gasteiger partial charge in [0.05, 0.1) is 12.0 Å². The fraction of sp³-hybridized carbons (Fsp3) is 0.148. The van der Waals surface area contributed by atoms with Crippen LogP contribution in [0.1, 0.15) is 100 Å². The highest BCUT2D eigenvalue weighted by atomic mass is 16.7. The normalized spacial score (nSPS) is 14.0. The lowest BCUT2D eigenvalue weighted by atomic mass is 9.99. The van der Waals surface area contributed by atoms with Gasteiger partial charge in [-0.1, -0.05) is 30.3 Å². The van der Waals surface area contributed by atoms with Crippen molar-refractivity contribution in [2.75, 3.05) is 47.6 Å². The number of ether oxygens (including phenoxy) is 15. The number of aliphatic imine (C=N–C) groups is 1. The van der Waals surface area contributed by atoms with Crippen LogP contribution in [0.15, 0.2) is 204 Å². The number of Topliss-reactive ketones (excluding diaryl/α,β-unsaturated/α-hetero) is 3. The van der Waals surface area contributed by atoms with Gasteiger partial charge in [0.15, 0.2) is 138 Å². The van der Waals surface area contributed by atoms with Crippen LogP contribution in [0.2, 0.25) is 0 Å². The number of ketones is 3. The number of esters is 1. The van der Waals surface area contributed by atoms with Gasteiger partial charge in [-0.15, -0.1) is 0 Å². The van der Waals surface area contributed by atoms with E-state index in [2.05, 4.69) is 15.6 Å². The Morgan fingerprint density at radius 3 is 1.18 bits per heavy atom. The van der Waals surface area contributed by atoms with Crippen LogP contribution >= 0.6 is 0 Å². The molecular formula is C88H69N3O31. The minimum Gasteiger partial charge on any atom is -0.504 e. The molecule has 0 saturated carbocycles. The van der Waals surface area contributed by atoms with Gasteiger partial charge in [0.2, 0.25) is 65.3 Å². The first-order valence-electron chi connectivity index (χ1n) is 36.8. The van der Waals surface area contributed by atoms with Crippen LogP contribution in [0.3, 0.4) is 0 Å². The number of aliphatic carboxylic acids is 1. The van der Waals surface area contributed by atoms with E-state index in [0.717, 1.165) is 23.3 Å². The number of nitrogens with zero attached hydrogens (tertiary/aromatic N) is 1. The van der Waals surface area contributed by atoms with Gasteiger partial charge in [-0.25, -0.2) is 14.6 Å². The molecule has 0 saturated heterocycles. The van der Waals surface area contributed by atoms with Crippen LogP contribution in [0.25, 0.3) is 18.2 Å². The van der Waals surface area contributed by atoms with E-state index in [1.807, 2.05) is 24.3 Å². The molecule has 34 nitrogen and oxygen atoms in total. The number of hydrogen-bond donors (Lipinski definition) is 10. The molecular weight excluding hydrogens is 1590 g/mol. The molecule has 122 heavy (non-hydrogen) atoms. The Morgan fingerprint density at radius 1 is 0.336 bits per heavy atom. The molecule has 8 aliphatic rings. The first-order chi connectivity index (χ1) is 58.9. The molecule has 0 aromatic heterocycles. The average Bonchev–Trinajstić information content (AvgIpc) is 1.65. The van der Waals surface area contributed by atoms with Crippen LogP contribution in [-0.4, -0.2) is 141 Å². The van der Waals surface area contributed by atoms with E-state index in [4.69, 9.17) is 81.3 Å². The third-order valence-corrected chi connectivity index (χ3v) is 18.6. The Kier molecular flexibility index (Phi) is 25.0. The highest BCUT2D eigenvalue weighted by molar-refractivity contribution is 6.13. The molecule has 0 aliphatic carbocycles. The van der Waals surface area contributed by atoms with E-state index in [0.29, 0.717) is 119 Å². The lowest BCUT2D eigenvalue weighted by Gasteiger charge is -2.11. The zero-order valence-electron chi connectivity index (χ0n) is 63.7. The minimum absolute atomic E-state index is 0.00498. The topological polar surface area (TPSA) is 473 Å². The number of carbonyl (C=O) groups is 8. The highest BCUT2D eigenvalue weighted by Crippen LogP contribution is 2.41. The number of amides is 2. The Hall–Kier alpha value is -16.6. The van der Waals surface area contributed by atoms with E-state index in [9.17, 15) is 69.0 Å². The molecule has 18 rings (SSSR count). The third-order valence-electron chi connectivity index (χ3n) is 18.6. The van der Waals surface area contributed by atoms with E-state index >= 15 is 0 Å². The van der Waals surface area contributed by atoms with Gasteiger partial charge < -0.3 is 123 Å². The Balaban J connectivity index is 0.000000130. The number of phenols is 6. The average molecular weight is 1660 g/mol. The number of carboxylic acids is 2. The molecule has 10 N–H and O–H groups in total. The molecule has 8 heterocycles. The third kappa shape index (κ3) is 20.4. The lowest BCUT2D eigenvalue weighted by Crippen LogP contribution is -2.25. The maximum Gasteiger partial charge on any atom is 0.363 e. The molecule has 10 aromatic rings. The van der Waals surface area contributed by atoms with Crippen LogP contribution in [0.5, 0.6) is 115 Å². The number of carboxylic acid groups (broad SMARTS) is 2. The number of cyclic esters (lactones) is 1. The number of aromatic hydroxyl groups is 6. The van der Waals surface area contributed by atoms with Crippen molar-refractivity contribution in [1.82, 2.24) is 10.6 Å². The zero-order valence-corrected chi connectivity index (χ0v) is 63.7. The van der Waals surface area contributed by atoms with Gasteiger partial charge in [-0.05, 0) is 198 Å². The summed E-state index contributed by atoms with van der Waals surface area (Å²) >= 11 is 0. The van der Waals surface area contributed by atoms with E-state index in [-0.39, 0.29) is 149 Å². The maximum absolute atomic E-state index is 13.3. The molecule has 0 fully saturated rings. The summed E-state index contributed by atoms with van der Waals surface area (Å²) in [6.45, 7) is 1.38. The zero-order chi connectivity index (χ0) is 85.5. The summed E-state index contributed by atoms with van der Waals surface area (Å²) in [5.41, 5.74) is 5.51. The van der Waals surface area contributed by atoms with Crippen molar-refractivity contribution in [3.63, 3.8) is 0 Å². The molecule has 34 heteroatoms. The second-order valence-corrected chi connectivity index (χ2v) is 26.8. The van der Waals surface area contributed by atoms with E-state index in [1.54, 1.807) is 103 Å². The van der Waals surface area contributed by atoms with Crippen LogP contribution in [0, 0.1) is 0 Å². The molecule has 8 aliphatic heterocycles. The van der Waals surface area contributed by atoms with Crippen molar-refractivity contribution >= 4 is 71.2 Å². The minimum atomic E-state index is -0.978. The predicted molar refractivity (Wildman–Crippen MR) is 424 cm³/mol. The molecule has 0 bridgehead atoms. The van der Waals surface area contributed by atoms with Gasteiger partial charge >= 0.3 is 17.9 Å². The molecule has 0 radical (unpaired) electrons. The molecule has 2 amide bonds. The smallest absolute Gasteiger partial charge is 0.363 e. The summed E-state index contributed by atoms with van der Waals surface area (Å²) in [6, 6.07) is 47.3. The monoisotopic (exact) mass is 1660 g/mol. The lowest BCUT2D eigenvalue weighted by molar-refractivity contribution is -0.137. The van der Waals surface area contributed by atoms with Crippen LogP contribution < -0.4 is 76.9 Å². The molecule has 0 atom stereocenters. The highest BCUT2D eigenvalue weighted by Gasteiger charge is 2.29. The second kappa shape index (κ2) is 37.2. The second-order valence-electron chi connectivity index (χ2n) is 26.8. The number of nitrogens with one attached hydrogen (secondary N) is 2. The summed E-state index contributed by atoms with van der Waals surface area (Å²) in [5, 5.41) is 79.9. The molecule has 622 valence electrons. The van der Waals surface area contributed by atoms with Gasteiger partial charge in [0.1, 0.15) is 0 Å². The van der Waals surface area contributed by atoms with Crippen molar-refractivity contribution in [2.24, 2.45) is 4.99 Å². The number of hydrogen-bond acceptors (Lipinski definition) is 30. The van der Waals surface area contributed by atoms with Crippen molar-refractivity contribution in [2.45, 2.75) is 38.8 Å². The van der Waals surface area contributed by atoms with Gasteiger partial charge in [0, 0.05) is 65.8 Å². The standard InChI is InChI=1S/C27H21NO8.C24H21NO8.C18H11NO6.C11H10O5.C8H6O4/c29-20(18-3-6-23-26(11-18)36-15-33-23)10-19(7-16-1-4-21-24(8-16)34-13-31-21)27(30)28-12-17-2-5-22-25(9-17)35-14-32-22;26-17-4-1-13(8-21(17)30)7-16(11-20(29)15-3-6-19(28)23(32)10-15)24(33)25-12-14-2-5-18(27)22(31)9-14;20-18-12(5-10-1-3-13-15(6-10)23-8-21-13)19-17(25-18)11-2-4-14-16(7-11)24-9-22-14;12-8(2-4-11(13)14)7-1-3-9-10(5-7)16-6-15-9;9-8(10)5-1-2-6-7(3-5)12-4-11-6/h1-9,11H,10,12-15H2,(H,28,30);1-10,26-28,30-32H,11-12H2,(H,25,33);1-7H,8-9H2;1,3,5H,2,4,6H2,(H,13,14);1-3H,4H2,(H,9,10)/b19-7-;16-7-;12-5+;;. The first kappa shape index (κ1) is 82.0. The van der Waals surface area contributed by atoms with Gasteiger partial charge in [0.25, 0.3) is 0 Å². The Morgan fingerprint density at radius 2 is 0.689 bits per heavy atom. The number of carbonyl (C=O) groups excluding carboxylic acids is 6. The number of rotatable bonds is 21. The number of aromatic carboxylic acids is 1. The fourth-order valence-electron chi connectivity index (χ4n) is 12.3. The van der Waals surface area contributed by atoms with Gasteiger partial charge in [-0.3, -0.25) is 28.8 Å². The van der Waals surface area contributed by atoms with Crippen LogP contribution in [-0.2, 0) is 37.0 Å². The predicted octanol–water partition coefficient (Wildman–Crippen LogP) is 11.8. The van der Waals surface area contributed by atoms with Crippen LogP contribution in [0.4, 0.5) is 0 Å². The number of benzene rings is 10. The summed E-state index contributed by atoms with van der Waals surface area (Å²) in [7, 11) is 0. The number of phenolic OH excluding ortho intramolecular Hbond substituents is 6. The fourth-order valence-corrected chi connectivity index (χ4v) is 12.3. The van der Waals surface area contributed by atoms with E-state index in [1.165, 1.54) is 60.7 Å². The van der Waals surface area contributed by atoms with Crippen molar-refractivity contribution in [3.8, 4) is 115 Å². The summed E-state index contributed by atoms with van der Waals surface area (Å²) in [5.74, 6) is 2.01. The molecule has 0 spiro atoms. The Bertz CT molecular complexity index is 5950. The summed E-state index contributed by atoms with van der Waals surface area (Å²) in [6.07, 6.45) is 4.04. The van der Waals surface area contributed by atoms with Gasteiger partial charge in [-0.2, -0.15) is 0 Å². The summed E-state index contributed by atoms with van der Waals surface area (Å²) < 4.78 is 79.0. The SMILES string of the molecule is O=C(NCc1ccc(O)c(O)c1)/C(=C\c1ccc(O)c(O)c1)CC(=O)c1ccc(O)c(O)c1.O=C(NCc1ccc2c(c1)OCO2)/C(=C\c1ccc2c(c1)OCO2)CC(=O)c1ccc2c(c1)OCO2.O=C(O)CCC(=O)c1ccc2c(c1)OCO2.O=C(O)c1ccc2c(c1)OCO2.O=C1OC(c2ccc3c(c2)OCO3)=N/C1=C/c1ccc2c(c1)OCO2. The largest absolute Gasteiger partial charge is 0.504 e. The Labute approximate surface area is 689 Å². The van der Waals surface area contributed by atoms with E-state index < -0.39 is 46.8 Å². The maximum atomic E-state index is 13.3. The molecule has 0 unspecified atom stereocenters. The summed E-state index contributed by atoms with van der Waals surface area (Å²) in [4.78, 5) is 101. The van der Waals surface area contributed by atoms with Crippen molar-refractivity contribution in [1.29, 1.82) is 0 Å². The number of fused-ring (bicyclic) bond motifs is 7. The quantitative estimate of drug-likeness (QED) is 0.0138.